The number of likely N-dealkylation sites (N-methyl/N-ethyl adjacent to an activating group) is 1. The third-order valence-electron chi connectivity index (χ3n) is 5.93. The van der Waals surface area contributed by atoms with Gasteiger partial charge < -0.3 is 14.5 Å². The zero-order valence-corrected chi connectivity index (χ0v) is 19.8. The molecule has 1 saturated heterocycles. The van der Waals surface area contributed by atoms with Crippen molar-refractivity contribution >= 4 is 34.1 Å². The molecule has 176 valence electrons. The highest BCUT2D eigenvalue weighted by molar-refractivity contribution is 5.79. The number of ether oxygens (including phenoxy) is 1. The summed E-state index contributed by atoms with van der Waals surface area (Å²) in [4.78, 5) is 30.0. The van der Waals surface area contributed by atoms with Gasteiger partial charge >= 0.3 is 6.09 Å². The minimum absolute atomic E-state index is 0.0431. The Morgan fingerprint density at radius 3 is 2.91 bits per heavy atom. The van der Waals surface area contributed by atoms with Gasteiger partial charge in [0.05, 0.1) is 24.3 Å². The van der Waals surface area contributed by atoms with Crippen LogP contribution in [0, 0.1) is 0 Å². The van der Waals surface area contributed by atoms with Crippen LogP contribution in [0.15, 0.2) is 42.7 Å². The van der Waals surface area contributed by atoms with E-state index in [0.29, 0.717) is 24.4 Å². The van der Waals surface area contributed by atoms with Gasteiger partial charge in [0.25, 0.3) is 0 Å². The lowest BCUT2D eigenvalue weighted by Gasteiger charge is -2.28. The maximum absolute atomic E-state index is 12.5. The van der Waals surface area contributed by atoms with Crippen molar-refractivity contribution in [2.75, 3.05) is 25.0 Å². The van der Waals surface area contributed by atoms with E-state index in [4.69, 9.17) is 9.72 Å². The first-order valence-corrected chi connectivity index (χ1v) is 11.4. The molecule has 10 nitrogen and oxygen atoms in total. The molecule has 4 aromatic rings. The quantitative estimate of drug-likeness (QED) is 0.457. The second-order valence-corrected chi connectivity index (χ2v) is 9.63. The first-order chi connectivity index (χ1) is 16.3. The van der Waals surface area contributed by atoms with Crippen LogP contribution in [0.25, 0.3) is 22.2 Å². The Labute approximate surface area is 197 Å². The Morgan fingerprint density at radius 2 is 2.09 bits per heavy atom. The number of fused-ring (bicyclic) bond motifs is 2. The fourth-order valence-electron chi connectivity index (χ4n) is 4.15. The van der Waals surface area contributed by atoms with Gasteiger partial charge in [0.15, 0.2) is 5.65 Å². The van der Waals surface area contributed by atoms with Crippen LogP contribution in [0.1, 0.15) is 32.8 Å². The Balaban J connectivity index is 1.33. The minimum Gasteiger partial charge on any atom is -0.444 e. The Morgan fingerprint density at radius 1 is 1.24 bits per heavy atom. The van der Waals surface area contributed by atoms with Crippen LogP contribution in [-0.2, 0) is 11.3 Å². The molecule has 3 aromatic heterocycles. The molecule has 0 N–H and O–H groups in total. The van der Waals surface area contributed by atoms with Gasteiger partial charge in [-0.1, -0.05) is 17.3 Å². The van der Waals surface area contributed by atoms with E-state index >= 15 is 0 Å². The standard InChI is InChI=1S/C24H28N8O2/c1-24(2,3)34-23(33)30(4)18-9-11-31(15-18)20-13-26-21-22(27-20)32(29-28-21)14-16-7-8-19-17(12-16)6-5-10-25-19/h5-8,10,12-13,18H,9,11,14-15H2,1-4H3/t18-/m1/s1. The van der Waals surface area contributed by atoms with Crippen LogP contribution in [0.3, 0.4) is 0 Å². The summed E-state index contributed by atoms with van der Waals surface area (Å²) >= 11 is 0. The predicted octanol–water partition coefficient (Wildman–Crippen LogP) is 3.26. The van der Waals surface area contributed by atoms with Gasteiger partial charge in [0.1, 0.15) is 11.4 Å². The fraction of sp³-hybridized carbons (Fsp3) is 0.417. The van der Waals surface area contributed by atoms with Crippen LogP contribution in [-0.4, -0.2) is 72.7 Å². The molecule has 0 saturated carbocycles. The van der Waals surface area contributed by atoms with Gasteiger partial charge in [-0.2, -0.15) is 0 Å². The second kappa shape index (κ2) is 8.51. The number of rotatable bonds is 4. The number of nitrogens with zero attached hydrogens (tertiary/aromatic N) is 8. The van der Waals surface area contributed by atoms with Crippen molar-refractivity contribution < 1.29 is 9.53 Å². The predicted molar refractivity (Wildman–Crippen MR) is 129 cm³/mol. The summed E-state index contributed by atoms with van der Waals surface area (Å²) in [6, 6.07) is 10.2. The molecule has 1 aliphatic rings. The number of carbonyl (C=O) groups is 1. The highest BCUT2D eigenvalue weighted by atomic mass is 16.6. The lowest BCUT2D eigenvalue weighted by molar-refractivity contribution is 0.0238. The van der Waals surface area contributed by atoms with Crippen LogP contribution in [0.4, 0.5) is 10.6 Å². The van der Waals surface area contributed by atoms with Crippen LogP contribution in [0.2, 0.25) is 0 Å². The van der Waals surface area contributed by atoms with E-state index in [1.54, 1.807) is 29.0 Å². The minimum atomic E-state index is -0.521. The SMILES string of the molecule is CN(C(=O)OC(C)(C)C)[C@@H]1CCN(c2cnc3nnn(Cc4ccc5ncccc5c4)c3n2)C1. The first-order valence-electron chi connectivity index (χ1n) is 11.4. The molecule has 0 bridgehead atoms. The largest absolute Gasteiger partial charge is 0.444 e. The average molecular weight is 461 g/mol. The molecule has 34 heavy (non-hydrogen) atoms. The van der Waals surface area contributed by atoms with E-state index in [1.165, 1.54) is 0 Å². The van der Waals surface area contributed by atoms with Gasteiger partial charge in [-0.3, -0.25) is 4.98 Å². The maximum atomic E-state index is 12.5. The Bertz CT molecular complexity index is 1350. The molecule has 0 unspecified atom stereocenters. The Kier molecular flexibility index (Phi) is 5.51. The third-order valence-corrected chi connectivity index (χ3v) is 5.93. The van der Waals surface area contributed by atoms with Gasteiger partial charge in [0, 0.05) is 31.7 Å². The fourth-order valence-corrected chi connectivity index (χ4v) is 4.15. The zero-order chi connectivity index (χ0) is 23.9. The number of pyridine rings is 1. The topological polar surface area (TPSA) is 102 Å². The molecular formula is C24H28N8O2. The molecule has 1 fully saturated rings. The van der Waals surface area contributed by atoms with E-state index in [-0.39, 0.29) is 12.1 Å². The molecule has 1 atom stereocenters. The molecule has 0 aliphatic carbocycles. The lowest BCUT2D eigenvalue weighted by atomic mass is 10.1. The molecule has 0 spiro atoms. The highest BCUT2D eigenvalue weighted by Gasteiger charge is 2.32. The van der Waals surface area contributed by atoms with Crippen molar-refractivity contribution in [3.05, 3.63) is 48.3 Å². The number of amides is 1. The summed E-state index contributed by atoms with van der Waals surface area (Å²) in [6.07, 6.45) is 4.03. The number of carbonyl (C=O) groups excluding carboxylic acids is 1. The molecule has 5 rings (SSSR count). The van der Waals surface area contributed by atoms with Crippen molar-refractivity contribution in [3.8, 4) is 0 Å². The van der Waals surface area contributed by atoms with Gasteiger partial charge in [-0.25, -0.2) is 19.4 Å². The zero-order valence-electron chi connectivity index (χ0n) is 19.8. The molecule has 0 radical (unpaired) electrons. The lowest BCUT2D eigenvalue weighted by Crippen LogP contribution is -2.42. The number of hydrogen-bond acceptors (Lipinski definition) is 8. The summed E-state index contributed by atoms with van der Waals surface area (Å²) in [5.41, 5.74) is 2.66. The van der Waals surface area contributed by atoms with Crippen LogP contribution >= 0.6 is 0 Å². The van der Waals surface area contributed by atoms with Gasteiger partial charge in [-0.05, 0) is 51.0 Å². The van der Waals surface area contributed by atoms with E-state index in [1.807, 2.05) is 45.0 Å². The molecule has 10 heteroatoms. The van der Waals surface area contributed by atoms with E-state index < -0.39 is 5.60 Å². The summed E-state index contributed by atoms with van der Waals surface area (Å²) in [6.45, 7) is 7.58. The number of benzene rings is 1. The summed E-state index contributed by atoms with van der Waals surface area (Å²) < 4.78 is 7.28. The molecule has 4 heterocycles. The number of hydrogen-bond donors (Lipinski definition) is 0. The van der Waals surface area contributed by atoms with Gasteiger partial charge in [-0.15, -0.1) is 5.10 Å². The van der Waals surface area contributed by atoms with Crippen molar-refractivity contribution in [2.24, 2.45) is 0 Å². The molecule has 1 aromatic carbocycles. The summed E-state index contributed by atoms with van der Waals surface area (Å²) in [5.74, 6) is 0.749. The molecular weight excluding hydrogens is 432 g/mol. The van der Waals surface area contributed by atoms with Crippen molar-refractivity contribution in [2.45, 2.75) is 45.4 Å². The smallest absolute Gasteiger partial charge is 0.410 e. The summed E-state index contributed by atoms with van der Waals surface area (Å²) in [7, 11) is 1.79. The number of anilines is 1. The van der Waals surface area contributed by atoms with Crippen molar-refractivity contribution in [1.82, 2.24) is 34.8 Å². The average Bonchev–Trinajstić information content (AvgIpc) is 3.45. The summed E-state index contributed by atoms with van der Waals surface area (Å²) in [5, 5.41) is 9.54. The second-order valence-electron chi connectivity index (χ2n) is 9.63. The number of aromatic nitrogens is 6. The van der Waals surface area contributed by atoms with Crippen molar-refractivity contribution in [1.29, 1.82) is 0 Å². The highest BCUT2D eigenvalue weighted by Crippen LogP contribution is 2.23. The first kappa shape index (κ1) is 22.0. The molecule has 1 aliphatic heterocycles. The van der Waals surface area contributed by atoms with Crippen LogP contribution < -0.4 is 4.90 Å². The van der Waals surface area contributed by atoms with E-state index in [0.717, 1.165) is 35.2 Å². The third kappa shape index (κ3) is 4.48. The monoisotopic (exact) mass is 460 g/mol. The molecule has 1 amide bonds. The maximum Gasteiger partial charge on any atom is 0.410 e. The van der Waals surface area contributed by atoms with Crippen LogP contribution in [0.5, 0.6) is 0 Å². The Hall–Kier alpha value is -3.82. The normalized spacial score (nSPS) is 16.4. The van der Waals surface area contributed by atoms with E-state index in [9.17, 15) is 4.79 Å². The van der Waals surface area contributed by atoms with E-state index in [2.05, 4.69) is 31.2 Å². The van der Waals surface area contributed by atoms with Crippen molar-refractivity contribution in [3.63, 3.8) is 0 Å². The van der Waals surface area contributed by atoms with Gasteiger partial charge in [0.2, 0.25) is 5.65 Å².